The van der Waals surface area contributed by atoms with Gasteiger partial charge in [-0.1, -0.05) is 12.1 Å². The first-order valence-electron chi connectivity index (χ1n) is 6.50. The van der Waals surface area contributed by atoms with Gasteiger partial charge in [0.05, 0.1) is 19.3 Å². The number of para-hydroxylation sites is 2. The summed E-state index contributed by atoms with van der Waals surface area (Å²) in [7, 11) is 1.57. The predicted molar refractivity (Wildman–Crippen MR) is 73.9 cm³/mol. The molecule has 108 valence electrons. The third kappa shape index (κ3) is 6.42. The standard InChI is InChI=1S/C14H23NO4/c1-3-18-13-6-4-5-7-14(13)19-9-8-15-10-12(16)11-17-2/h4-7,12,15-16H,3,8-11H2,1-2H3. The Kier molecular flexibility index (Phi) is 7.97. The van der Waals surface area contributed by atoms with Gasteiger partial charge in [-0.3, -0.25) is 0 Å². The minimum absolute atomic E-state index is 0.334. The van der Waals surface area contributed by atoms with Gasteiger partial charge in [0.1, 0.15) is 6.61 Å². The van der Waals surface area contributed by atoms with E-state index in [-0.39, 0.29) is 0 Å². The molecule has 19 heavy (non-hydrogen) atoms. The Morgan fingerprint density at radius 3 is 2.53 bits per heavy atom. The summed E-state index contributed by atoms with van der Waals surface area (Å²) < 4.78 is 15.9. The summed E-state index contributed by atoms with van der Waals surface area (Å²) in [5.41, 5.74) is 0. The Hall–Kier alpha value is -1.30. The molecule has 5 nitrogen and oxygen atoms in total. The van der Waals surface area contributed by atoms with Gasteiger partial charge >= 0.3 is 0 Å². The molecule has 0 radical (unpaired) electrons. The number of hydrogen-bond donors (Lipinski definition) is 2. The van der Waals surface area contributed by atoms with Crippen molar-refractivity contribution in [1.29, 1.82) is 0 Å². The van der Waals surface area contributed by atoms with Crippen LogP contribution in [0.2, 0.25) is 0 Å². The summed E-state index contributed by atoms with van der Waals surface area (Å²) in [4.78, 5) is 0. The predicted octanol–water partition coefficient (Wildman–Crippen LogP) is 1.06. The molecule has 0 bridgehead atoms. The van der Waals surface area contributed by atoms with Gasteiger partial charge in [0.25, 0.3) is 0 Å². The molecule has 1 unspecified atom stereocenters. The first kappa shape index (κ1) is 15.8. The molecular weight excluding hydrogens is 246 g/mol. The van der Waals surface area contributed by atoms with Crippen LogP contribution in [-0.4, -0.2) is 51.2 Å². The number of methoxy groups -OCH3 is 1. The SMILES string of the molecule is CCOc1ccccc1OCCNCC(O)COC. The van der Waals surface area contributed by atoms with Crippen molar-refractivity contribution >= 4 is 0 Å². The maximum atomic E-state index is 9.43. The van der Waals surface area contributed by atoms with Crippen molar-refractivity contribution in [3.05, 3.63) is 24.3 Å². The van der Waals surface area contributed by atoms with Gasteiger partial charge in [-0.15, -0.1) is 0 Å². The molecule has 0 aromatic heterocycles. The van der Waals surface area contributed by atoms with Gasteiger partial charge in [-0.2, -0.15) is 0 Å². The zero-order valence-electron chi connectivity index (χ0n) is 11.6. The molecule has 5 heteroatoms. The van der Waals surface area contributed by atoms with Crippen LogP contribution < -0.4 is 14.8 Å². The fourth-order valence-electron chi connectivity index (χ4n) is 1.60. The summed E-state index contributed by atoms with van der Waals surface area (Å²) in [6.07, 6.45) is -0.485. The Labute approximate surface area is 114 Å². The smallest absolute Gasteiger partial charge is 0.161 e. The second kappa shape index (κ2) is 9.61. The molecular formula is C14H23NO4. The fraction of sp³-hybridized carbons (Fsp3) is 0.571. The zero-order chi connectivity index (χ0) is 13.9. The van der Waals surface area contributed by atoms with E-state index in [0.29, 0.717) is 32.9 Å². The number of benzene rings is 1. The molecule has 0 aliphatic rings. The van der Waals surface area contributed by atoms with Crippen LogP contribution in [0.1, 0.15) is 6.92 Å². The quantitative estimate of drug-likeness (QED) is 0.622. The normalized spacial score (nSPS) is 12.2. The zero-order valence-corrected chi connectivity index (χ0v) is 11.6. The molecule has 0 amide bonds. The summed E-state index contributed by atoms with van der Waals surface area (Å²) in [5, 5.41) is 12.5. The largest absolute Gasteiger partial charge is 0.490 e. The maximum absolute atomic E-state index is 9.43. The molecule has 0 saturated heterocycles. The van der Waals surface area contributed by atoms with Crippen LogP contribution in [0.25, 0.3) is 0 Å². The highest BCUT2D eigenvalue weighted by Crippen LogP contribution is 2.25. The van der Waals surface area contributed by atoms with E-state index < -0.39 is 6.10 Å². The van der Waals surface area contributed by atoms with E-state index in [9.17, 15) is 5.11 Å². The van der Waals surface area contributed by atoms with E-state index in [4.69, 9.17) is 14.2 Å². The highest BCUT2D eigenvalue weighted by atomic mass is 16.5. The first-order valence-corrected chi connectivity index (χ1v) is 6.50. The molecule has 0 spiro atoms. The van der Waals surface area contributed by atoms with Crippen LogP contribution in [0.15, 0.2) is 24.3 Å². The van der Waals surface area contributed by atoms with Crippen LogP contribution in [-0.2, 0) is 4.74 Å². The van der Waals surface area contributed by atoms with Crippen molar-refractivity contribution in [3.63, 3.8) is 0 Å². The average molecular weight is 269 g/mol. The van der Waals surface area contributed by atoms with Crippen molar-refractivity contribution in [2.45, 2.75) is 13.0 Å². The summed E-state index contributed by atoms with van der Waals surface area (Å²) in [5.74, 6) is 1.49. The van der Waals surface area contributed by atoms with E-state index in [1.54, 1.807) is 7.11 Å². The molecule has 0 aliphatic heterocycles. The second-order valence-corrected chi connectivity index (χ2v) is 4.04. The fourth-order valence-corrected chi connectivity index (χ4v) is 1.60. The Morgan fingerprint density at radius 1 is 1.21 bits per heavy atom. The minimum Gasteiger partial charge on any atom is -0.490 e. The van der Waals surface area contributed by atoms with Crippen LogP contribution in [0.3, 0.4) is 0 Å². The number of ether oxygens (including phenoxy) is 3. The Morgan fingerprint density at radius 2 is 1.89 bits per heavy atom. The number of hydrogen-bond acceptors (Lipinski definition) is 5. The van der Waals surface area contributed by atoms with Gasteiger partial charge in [0, 0.05) is 20.2 Å². The van der Waals surface area contributed by atoms with Crippen molar-refractivity contribution in [2.24, 2.45) is 0 Å². The van der Waals surface area contributed by atoms with Crippen molar-refractivity contribution in [1.82, 2.24) is 5.32 Å². The molecule has 0 saturated carbocycles. The van der Waals surface area contributed by atoms with Crippen molar-refractivity contribution in [3.8, 4) is 11.5 Å². The second-order valence-electron chi connectivity index (χ2n) is 4.04. The lowest BCUT2D eigenvalue weighted by Gasteiger charge is -2.13. The number of aliphatic hydroxyl groups excluding tert-OH is 1. The highest BCUT2D eigenvalue weighted by Gasteiger charge is 2.04. The molecule has 0 heterocycles. The monoisotopic (exact) mass is 269 g/mol. The summed E-state index contributed by atoms with van der Waals surface area (Å²) in [6.45, 7) is 4.55. The van der Waals surface area contributed by atoms with E-state index in [2.05, 4.69) is 5.32 Å². The van der Waals surface area contributed by atoms with Gasteiger partial charge in [-0.25, -0.2) is 0 Å². The van der Waals surface area contributed by atoms with Crippen LogP contribution in [0.5, 0.6) is 11.5 Å². The molecule has 1 rings (SSSR count). The van der Waals surface area contributed by atoms with E-state index in [0.717, 1.165) is 11.5 Å². The molecule has 1 aromatic carbocycles. The molecule has 0 fully saturated rings. The third-order valence-electron chi connectivity index (χ3n) is 2.42. The lowest BCUT2D eigenvalue weighted by molar-refractivity contribution is 0.0641. The van der Waals surface area contributed by atoms with Gasteiger partial charge < -0.3 is 24.6 Å². The summed E-state index contributed by atoms with van der Waals surface area (Å²) >= 11 is 0. The topological polar surface area (TPSA) is 60.0 Å². The van der Waals surface area contributed by atoms with E-state index in [1.807, 2.05) is 31.2 Å². The molecule has 2 N–H and O–H groups in total. The first-order chi connectivity index (χ1) is 9.27. The van der Waals surface area contributed by atoms with Gasteiger partial charge in [-0.05, 0) is 19.1 Å². The van der Waals surface area contributed by atoms with Gasteiger partial charge in [0.15, 0.2) is 11.5 Å². The Balaban J connectivity index is 2.22. The highest BCUT2D eigenvalue weighted by molar-refractivity contribution is 5.39. The number of nitrogens with one attached hydrogen (secondary N) is 1. The third-order valence-corrected chi connectivity index (χ3v) is 2.42. The Bertz CT molecular complexity index is 346. The van der Waals surface area contributed by atoms with Crippen LogP contribution in [0, 0.1) is 0 Å². The van der Waals surface area contributed by atoms with Crippen molar-refractivity contribution in [2.75, 3.05) is 40.0 Å². The number of aliphatic hydroxyl groups is 1. The van der Waals surface area contributed by atoms with Gasteiger partial charge in [0.2, 0.25) is 0 Å². The van der Waals surface area contributed by atoms with Crippen molar-refractivity contribution < 1.29 is 19.3 Å². The molecule has 1 aromatic rings. The lowest BCUT2D eigenvalue weighted by Crippen LogP contribution is -2.32. The maximum Gasteiger partial charge on any atom is 0.161 e. The lowest BCUT2D eigenvalue weighted by atomic mass is 10.3. The molecule has 0 aliphatic carbocycles. The number of rotatable bonds is 10. The average Bonchev–Trinajstić information content (AvgIpc) is 2.41. The molecule has 1 atom stereocenters. The summed E-state index contributed by atoms with van der Waals surface area (Å²) in [6, 6.07) is 7.59. The van der Waals surface area contributed by atoms with E-state index >= 15 is 0 Å². The van der Waals surface area contributed by atoms with Crippen LogP contribution in [0.4, 0.5) is 0 Å². The minimum atomic E-state index is -0.485. The van der Waals surface area contributed by atoms with Crippen LogP contribution >= 0.6 is 0 Å². The van der Waals surface area contributed by atoms with E-state index in [1.165, 1.54) is 0 Å².